The topological polar surface area (TPSA) is 35.5 Å². The molecule has 2 aromatic carbocycles. The van der Waals surface area contributed by atoms with Crippen LogP contribution < -0.4 is 4.74 Å². The molecule has 1 aliphatic carbocycles. The molecule has 0 aromatic heterocycles. The molecule has 0 amide bonds. The fourth-order valence-corrected chi connectivity index (χ4v) is 5.70. The fraction of sp³-hybridized carbons (Fsp3) is 0.559. The number of unbranched alkanes of at least 4 members (excludes halogenated alkanes) is 1. The summed E-state index contributed by atoms with van der Waals surface area (Å²) in [6, 6.07) is 4.59. The Morgan fingerprint density at radius 2 is 1.63 bits per heavy atom. The van der Waals surface area contributed by atoms with Crippen LogP contribution >= 0.6 is 0 Å². The van der Waals surface area contributed by atoms with Gasteiger partial charge in [-0.25, -0.2) is 13.2 Å². The average Bonchev–Trinajstić information content (AvgIpc) is 2.97. The minimum absolute atomic E-state index is 0.0258. The number of hydrogen-bond donors (Lipinski definition) is 0. The molecule has 43 heavy (non-hydrogen) atoms. The number of hydrogen-bond acceptors (Lipinski definition) is 3. The number of rotatable bonds is 15. The number of esters is 1. The summed E-state index contributed by atoms with van der Waals surface area (Å²) in [4.78, 5) is 12.4. The van der Waals surface area contributed by atoms with E-state index in [0.717, 1.165) is 63.5 Å². The predicted molar refractivity (Wildman–Crippen MR) is 156 cm³/mol. The summed E-state index contributed by atoms with van der Waals surface area (Å²) in [5.74, 6) is -4.49. The van der Waals surface area contributed by atoms with Crippen molar-refractivity contribution in [3.8, 4) is 16.9 Å². The van der Waals surface area contributed by atoms with Crippen molar-refractivity contribution in [3.05, 3.63) is 58.9 Å². The van der Waals surface area contributed by atoms with E-state index in [2.05, 4.69) is 18.6 Å². The fourth-order valence-electron chi connectivity index (χ4n) is 5.70. The van der Waals surface area contributed by atoms with Crippen LogP contribution in [-0.2, 0) is 16.0 Å². The molecule has 0 spiro atoms. The first kappa shape index (κ1) is 34.5. The van der Waals surface area contributed by atoms with Crippen LogP contribution in [0.1, 0.15) is 103 Å². The zero-order valence-electron chi connectivity index (χ0n) is 25.2. The van der Waals surface area contributed by atoms with Crippen molar-refractivity contribution >= 4 is 11.5 Å². The monoisotopic (exact) mass is 612 g/mol. The minimum Gasteiger partial charge on any atom is -0.465 e. The first-order valence-corrected chi connectivity index (χ1v) is 15.4. The maximum atomic E-state index is 15.5. The molecule has 0 saturated carbocycles. The number of benzene rings is 2. The van der Waals surface area contributed by atoms with Gasteiger partial charge in [0.15, 0.2) is 23.2 Å². The zero-order chi connectivity index (χ0) is 31.6. The molecule has 1 aliphatic rings. The molecule has 2 unspecified atom stereocenters. The molecule has 3 nitrogen and oxygen atoms in total. The van der Waals surface area contributed by atoms with Crippen LogP contribution in [0.2, 0.25) is 0 Å². The lowest BCUT2D eigenvalue weighted by Crippen LogP contribution is -2.18. The number of carbonyl (C=O) groups excluding carboxylic acids is 1. The highest BCUT2D eigenvalue weighted by molar-refractivity contribution is 5.74. The molecule has 0 bridgehead atoms. The molecule has 9 heteroatoms. The van der Waals surface area contributed by atoms with Crippen LogP contribution in [0.15, 0.2) is 30.3 Å². The van der Waals surface area contributed by atoms with E-state index in [1.165, 1.54) is 12.1 Å². The van der Waals surface area contributed by atoms with Gasteiger partial charge < -0.3 is 9.47 Å². The molecule has 0 aliphatic heterocycles. The summed E-state index contributed by atoms with van der Waals surface area (Å²) < 4.78 is 94.3. The Balaban J connectivity index is 1.84. The van der Waals surface area contributed by atoms with Gasteiger partial charge in [-0.3, -0.25) is 4.79 Å². The van der Waals surface area contributed by atoms with Gasteiger partial charge in [-0.05, 0) is 73.1 Å². The van der Waals surface area contributed by atoms with Crippen LogP contribution in [0.5, 0.6) is 5.75 Å². The van der Waals surface area contributed by atoms with E-state index in [-0.39, 0.29) is 54.0 Å². The second-order valence-corrected chi connectivity index (χ2v) is 11.4. The van der Waals surface area contributed by atoms with Gasteiger partial charge in [0.2, 0.25) is 0 Å². The van der Waals surface area contributed by atoms with Gasteiger partial charge in [-0.15, -0.1) is 13.2 Å². The standard InChI is InChI=1S/C34H42F6O3/c1-4-7-10-22(6-3)21-42-30(41)12-8-11-27-26(19-20-29(31(27)35)43-34(38,39)40)28-18-17-25(32(36)33(28)37)24-15-13-23(9-5-2)14-16-24/h15,17-20,22-23H,4-14,16,21H2,1-3H3. The summed E-state index contributed by atoms with van der Waals surface area (Å²) in [6.45, 7) is 6.45. The van der Waals surface area contributed by atoms with E-state index in [9.17, 15) is 18.0 Å². The largest absolute Gasteiger partial charge is 0.573 e. The SMILES string of the molecule is CCCCC(CC)COC(=O)CCCc1c(-c2ccc(C3=CCC(CCC)CC3)c(F)c2F)ccc(OC(F)(F)F)c1F. The lowest BCUT2D eigenvalue weighted by molar-refractivity contribution is -0.275. The first-order chi connectivity index (χ1) is 20.5. The summed E-state index contributed by atoms with van der Waals surface area (Å²) in [7, 11) is 0. The highest BCUT2D eigenvalue weighted by Gasteiger charge is 2.33. The smallest absolute Gasteiger partial charge is 0.465 e. The van der Waals surface area contributed by atoms with Gasteiger partial charge in [0.25, 0.3) is 0 Å². The van der Waals surface area contributed by atoms with E-state index in [1.54, 1.807) is 0 Å². The van der Waals surface area contributed by atoms with E-state index in [0.29, 0.717) is 17.9 Å². The van der Waals surface area contributed by atoms with Gasteiger partial charge in [0.05, 0.1) is 6.61 Å². The number of ether oxygens (including phenoxy) is 2. The zero-order valence-corrected chi connectivity index (χ0v) is 25.2. The summed E-state index contributed by atoms with van der Waals surface area (Å²) in [5.41, 5.74) is 0.151. The van der Waals surface area contributed by atoms with Crippen molar-refractivity contribution in [2.45, 2.75) is 104 Å². The molecule has 0 heterocycles. The van der Waals surface area contributed by atoms with Crippen LogP contribution in [0.25, 0.3) is 16.7 Å². The normalized spacial score (nSPS) is 16.1. The Hall–Kier alpha value is -2.97. The first-order valence-electron chi connectivity index (χ1n) is 15.4. The number of allylic oxidation sites excluding steroid dienone is 2. The maximum absolute atomic E-state index is 15.5. The molecule has 2 atom stereocenters. The van der Waals surface area contributed by atoms with Crippen LogP contribution in [0.3, 0.4) is 0 Å². The summed E-state index contributed by atoms with van der Waals surface area (Å²) in [5, 5.41) is 0. The molecule has 0 saturated heterocycles. The molecule has 2 aromatic rings. The van der Waals surface area contributed by atoms with E-state index in [1.807, 2.05) is 13.0 Å². The van der Waals surface area contributed by atoms with Crippen molar-refractivity contribution in [1.82, 2.24) is 0 Å². The molecular formula is C34H42F6O3. The van der Waals surface area contributed by atoms with Crippen molar-refractivity contribution in [2.24, 2.45) is 11.8 Å². The minimum atomic E-state index is -5.15. The van der Waals surface area contributed by atoms with Crippen molar-refractivity contribution in [1.29, 1.82) is 0 Å². The average molecular weight is 613 g/mol. The Kier molecular flexibility index (Phi) is 13.0. The number of halogens is 6. The predicted octanol–water partition coefficient (Wildman–Crippen LogP) is 10.7. The molecule has 0 fully saturated rings. The molecular weight excluding hydrogens is 570 g/mol. The number of alkyl halides is 3. The number of carbonyl (C=O) groups is 1. The van der Waals surface area contributed by atoms with Crippen molar-refractivity contribution in [3.63, 3.8) is 0 Å². The highest BCUT2D eigenvalue weighted by atomic mass is 19.4. The Labute approximate surface area is 250 Å². The molecule has 0 radical (unpaired) electrons. The Morgan fingerprint density at radius 1 is 0.930 bits per heavy atom. The maximum Gasteiger partial charge on any atom is 0.573 e. The van der Waals surface area contributed by atoms with Gasteiger partial charge in [0, 0.05) is 17.5 Å². The molecule has 0 N–H and O–H groups in total. The van der Waals surface area contributed by atoms with Crippen molar-refractivity contribution < 1.29 is 40.6 Å². The Morgan fingerprint density at radius 3 is 2.26 bits per heavy atom. The van der Waals surface area contributed by atoms with Crippen molar-refractivity contribution in [2.75, 3.05) is 6.61 Å². The van der Waals surface area contributed by atoms with E-state index in [4.69, 9.17) is 4.74 Å². The quantitative estimate of drug-likeness (QED) is 0.148. The molecule has 238 valence electrons. The molecule has 3 rings (SSSR count). The third kappa shape index (κ3) is 9.77. The van der Waals surface area contributed by atoms with Crippen LogP contribution in [0, 0.1) is 29.3 Å². The van der Waals surface area contributed by atoms with Crippen LogP contribution in [-0.4, -0.2) is 18.9 Å². The summed E-state index contributed by atoms with van der Waals surface area (Å²) >= 11 is 0. The Bertz CT molecular complexity index is 1250. The van der Waals surface area contributed by atoms with E-state index >= 15 is 13.2 Å². The van der Waals surface area contributed by atoms with Gasteiger partial charge in [-0.2, -0.15) is 0 Å². The third-order valence-electron chi connectivity index (χ3n) is 8.20. The van der Waals surface area contributed by atoms with Gasteiger partial charge in [-0.1, -0.05) is 77.2 Å². The highest BCUT2D eigenvalue weighted by Crippen LogP contribution is 2.39. The third-order valence-corrected chi connectivity index (χ3v) is 8.20. The lowest BCUT2D eigenvalue weighted by atomic mass is 9.83. The van der Waals surface area contributed by atoms with E-state index < -0.39 is 35.5 Å². The summed E-state index contributed by atoms with van der Waals surface area (Å²) in [6.07, 6.45) is 4.68. The second-order valence-electron chi connectivity index (χ2n) is 11.4. The van der Waals surface area contributed by atoms with Gasteiger partial charge in [0.1, 0.15) is 0 Å². The second kappa shape index (κ2) is 16.2. The van der Waals surface area contributed by atoms with Gasteiger partial charge >= 0.3 is 12.3 Å². The van der Waals surface area contributed by atoms with Crippen LogP contribution in [0.4, 0.5) is 26.3 Å². The lowest BCUT2D eigenvalue weighted by Gasteiger charge is -2.22.